The van der Waals surface area contributed by atoms with Crippen LogP contribution in [-0.2, 0) is 6.42 Å². The van der Waals surface area contributed by atoms with E-state index < -0.39 is 0 Å². The lowest BCUT2D eigenvalue weighted by Crippen LogP contribution is -2.08. The van der Waals surface area contributed by atoms with E-state index in [-0.39, 0.29) is 0 Å². The van der Waals surface area contributed by atoms with Gasteiger partial charge in [-0.1, -0.05) is 12.1 Å². The molecule has 19 heavy (non-hydrogen) atoms. The first-order valence-electron chi connectivity index (χ1n) is 6.21. The molecule has 0 unspecified atom stereocenters. The van der Waals surface area contributed by atoms with Gasteiger partial charge in [0.25, 0.3) is 0 Å². The minimum Gasteiger partial charge on any atom is -0.488 e. The molecule has 3 nitrogen and oxygen atoms in total. The lowest BCUT2D eigenvalue weighted by molar-refractivity contribution is 0.353. The number of pyridine rings is 1. The van der Waals surface area contributed by atoms with Crippen molar-refractivity contribution in [3.63, 3.8) is 0 Å². The van der Waals surface area contributed by atoms with Gasteiger partial charge in [0.1, 0.15) is 12.4 Å². The van der Waals surface area contributed by atoms with Gasteiger partial charge in [-0.2, -0.15) is 0 Å². The lowest BCUT2D eigenvalue weighted by Gasteiger charge is -2.16. The average Bonchev–Trinajstić information content (AvgIpc) is 2.47. The summed E-state index contributed by atoms with van der Waals surface area (Å²) in [5.74, 6) is 0.889. The molecule has 2 aromatic rings. The highest BCUT2D eigenvalue weighted by atomic mass is 16.5. The van der Waals surface area contributed by atoms with E-state index in [0.29, 0.717) is 6.61 Å². The second-order valence-corrected chi connectivity index (χ2v) is 4.56. The van der Waals surface area contributed by atoms with E-state index in [1.54, 1.807) is 6.20 Å². The fourth-order valence-electron chi connectivity index (χ4n) is 2.18. The molecule has 2 heterocycles. The minimum atomic E-state index is 0.485. The third-order valence-electron chi connectivity index (χ3n) is 3.13. The number of nitrogens with zero attached hydrogens (tertiary/aromatic N) is 1. The monoisotopic (exact) mass is 250 g/mol. The van der Waals surface area contributed by atoms with Crippen LogP contribution >= 0.6 is 0 Å². The van der Waals surface area contributed by atoms with Gasteiger partial charge in [-0.25, -0.2) is 0 Å². The SMILES string of the molecule is N=CC1=Cc2cc(Cc3cccnc3)ccc2OC1. The van der Waals surface area contributed by atoms with Gasteiger partial charge in [-0.05, 0) is 41.8 Å². The van der Waals surface area contributed by atoms with Gasteiger partial charge in [-0.15, -0.1) is 0 Å². The fraction of sp³-hybridized carbons (Fsp3) is 0.125. The van der Waals surface area contributed by atoms with Crippen LogP contribution in [0, 0.1) is 5.41 Å². The predicted molar refractivity (Wildman–Crippen MR) is 75.7 cm³/mol. The molecule has 0 atom stereocenters. The Morgan fingerprint density at radius 2 is 2.21 bits per heavy atom. The number of benzene rings is 1. The Hall–Kier alpha value is -2.42. The van der Waals surface area contributed by atoms with E-state index in [1.807, 2.05) is 24.4 Å². The predicted octanol–water partition coefficient (Wildman–Crippen LogP) is 3.10. The number of hydrogen-bond acceptors (Lipinski definition) is 3. The zero-order chi connectivity index (χ0) is 13.1. The van der Waals surface area contributed by atoms with Gasteiger partial charge >= 0.3 is 0 Å². The molecule has 0 saturated heterocycles. The van der Waals surface area contributed by atoms with Gasteiger partial charge in [0, 0.05) is 29.7 Å². The van der Waals surface area contributed by atoms with Gasteiger partial charge in [-0.3, -0.25) is 4.98 Å². The number of nitrogens with one attached hydrogen (secondary N) is 1. The topological polar surface area (TPSA) is 46.0 Å². The van der Waals surface area contributed by atoms with Crippen LogP contribution in [0.4, 0.5) is 0 Å². The smallest absolute Gasteiger partial charge is 0.127 e. The van der Waals surface area contributed by atoms with E-state index in [4.69, 9.17) is 10.1 Å². The standard InChI is InChI=1S/C16H14N2O/c17-9-14-8-15-7-12(3-4-16(15)19-11-14)6-13-2-1-5-18-10-13/h1-5,7-10,17H,6,11H2. The maximum absolute atomic E-state index is 7.29. The Bertz CT molecular complexity index is 632. The van der Waals surface area contributed by atoms with Crippen LogP contribution in [0.25, 0.3) is 6.08 Å². The summed E-state index contributed by atoms with van der Waals surface area (Å²) in [5.41, 5.74) is 4.35. The Kier molecular flexibility index (Phi) is 3.11. The highest BCUT2D eigenvalue weighted by Crippen LogP contribution is 2.27. The Morgan fingerprint density at radius 3 is 3.00 bits per heavy atom. The summed E-state index contributed by atoms with van der Waals surface area (Å²) in [6.45, 7) is 0.485. The van der Waals surface area contributed by atoms with Crippen LogP contribution in [0.1, 0.15) is 16.7 Å². The fourth-order valence-corrected chi connectivity index (χ4v) is 2.18. The van der Waals surface area contributed by atoms with Gasteiger partial charge < -0.3 is 10.1 Å². The Labute approximate surface area is 112 Å². The van der Waals surface area contributed by atoms with E-state index >= 15 is 0 Å². The quantitative estimate of drug-likeness (QED) is 0.851. The van der Waals surface area contributed by atoms with E-state index in [9.17, 15) is 0 Å². The third-order valence-corrected chi connectivity index (χ3v) is 3.13. The van der Waals surface area contributed by atoms with Crippen molar-refractivity contribution in [2.45, 2.75) is 6.42 Å². The summed E-state index contributed by atoms with van der Waals surface area (Å²) in [4.78, 5) is 4.13. The molecule has 1 aromatic heterocycles. The molecule has 0 amide bonds. The van der Waals surface area contributed by atoms with Crippen molar-refractivity contribution in [1.29, 1.82) is 5.41 Å². The maximum Gasteiger partial charge on any atom is 0.127 e. The Morgan fingerprint density at radius 1 is 1.26 bits per heavy atom. The second-order valence-electron chi connectivity index (χ2n) is 4.56. The summed E-state index contributed by atoms with van der Waals surface area (Å²) in [6, 6.07) is 10.2. The average molecular weight is 250 g/mol. The van der Waals surface area contributed by atoms with Crippen LogP contribution in [0.5, 0.6) is 5.75 Å². The first-order valence-corrected chi connectivity index (χ1v) is 6.21. The molecule has 1 N–H and O–H groups in total. The summed E-state index contributed by atoms with van der Waals surface area (Å²) >= 11 is 0. The molecule has 0 fully saturated rings. The molecule has 1 aliphatic rings. The van der Waals surface area contributed by atoms with Crippen molar-refractivity contribution >= 4 is 12.3 Å². The molecule has 1 aromatic carbocycles. The molecule has 1 aliphatic heterocycles. The molecular formula is C16H14N2O. The van der Waals surface area contributed by atoms with Crippen LogP contribution in [0.15, 0.2) is 48.3 Å². The number of ether oxygens (including phenoxy) is 1. The Balaban J connectivity index is 1.90. The maximum atomic E-state index is 7.29. The highest BCUT2D eigenvalue weighted by molar-refractivity contribution is 5.86. The van der Waals surface area contributed by atoms with Crippen molar-refractivity contribution in [1.82, 2.24) is 4.98 Å². The van der Waals surface area contributed by atoms with Crippen molar-refractivity contribution < 1.29 is 4.74 Å². The number of aromatic nitrogens is 1. The van der Waals surface area contributed by atoms with Crippen molar-refractivity contribution in [3.05, 3.63) is 65.0 Å². The molecule has 0 radical (unpaired) electrons. The molecule has 3 rings (SSSR count). The molecular weight excluding hydrogens is 236 g/mol. The van der Waals surface area contributed by atoms with Crippen LogP contribution in [0.2, 0.25) is 0 Å². The van der Waals surface area contributed by atoms with Gasteiger partial charge in [0.2, 0.25) is 0 Å². The molecule has 3 heteroatoms. The summed E-state index contributed by atoms with van der Waals surface area (Å²) < 4.78 is 5.60. The number of hydrogen-bond donors (Lipinski definition) is 1. The zero-order valence-electron chi connectivity index (χ0n) is 10.5. The zero-order valence-corrected chi connectivity index (χ0v) is 10.5. The molecule has 94 valence electrons. The summed E-state index contributed by atoms with van der Waals surface area (Å²) in [7, 11) is 0. The van der Waals surface area contributed by atoms with Crippen molar-refractivity contribution in [2.75, 3.05) is 6.61 Å². The number of fused-ring (bicyclic) bond motifs is 1. The third kappa shape index (κ3) is 2.55. The number of rotatable bonds is 3. The molecule has 0 saturated carbocycles. The minimum absolute atomic E-state index is 0.485. The first kappa shape index (κ1) is 11.7. The lowest BCUT2D eigenvalue weighted by atomic mass is 10.0. The van der Waals surface area contributed by atoms with E-state index in [2.05, 4.69) is 23.2 Å². The first-order chi connectivity index (χ1) is 9.35. The molecule has 0 aliphatic carbocycles. The van der Waals surface area contributed by atoms with Crippen molar-refractivity contribution in [2.24, 2.45) is 0 Å². The van der Waals surface area contributed by atoms with Crippen LogP contribution in [-0.4, -0.2) is 17.8 Å². The summed E-state index contributed by atoms with van der Waals surface area (Å²) in [5, 5.41) is 7.29. The molecule has 0 spiro atoms. The van der Waals surface area contributed by atoms with Gasteiger partial charge in [0.15, 0.2) is 0 Å². The normalized spacial score (nSPS) is 13.2. The molecule has 0 bridgehead atoms. The van der Waals surface area contributed by atoms with Gasteiger partial charge in [0.05, 0.1) is 0 Å². The highest BCUT2D eigenvalue weighted by Gasteiger charge is 2.10. The largest absolute Gasteiger partial charge is 0.488 e. The van der Waals surface area contributed by atoms with Crippen LogP contribution in [0.3, 0.4) is 0 Å². The van der Waals surface area contributed by atoms with E-state index in [1.165, 1.54) is 17.3 Å². The second kappa shape index (κ2) is 5.06. The van der Waals surface area contributed by atoms with Crippen molar-refractivity contribution in [3.8, 4) is 5.75 Å². The van der Waals surface area contributed by atoms with Crippen LogP contribution < -0.4 is 4.74 Å². The van der Waals surface area contributed by atoms with E-state index in [0.717, 1.165) is 23.3 Å². The summed E-state index contributed by atoms with van der Waals surface area (Å²) in [6.07, 6.45) is 7.88.